The molecule has 1 heterocycles. The molecule has 1 aromatic carbocycles. The quantitative estimate of drug-likeness (QED) is 0.800. The summed E-state index contributed by atoms with van der Waals surface area (Å²) in [5.41, 5.74) is 1.97. The van der Waals surface area contributed by atoms with Crippen molar-refractivity contribution in [1.29, 1.82) is 0 Å². The summed E-state index contributed by atoms with van der Waals surface area (Å²) in [7, 11) is 0. The van der Waals surface area contributed by atoms with Gasteiger partial charge in [0.15, 0.2) is 0 Å². The minimum absolute atomic E-state index is 0.228. The Labute approximate surface area is 124 Å². The van der Waals surface area contributed by atoms with Crippen LogP contribution in [-0.4, -0.2) is 24.2 Å². The number of hydrogen-bond donors (Lipinski definition) is 2. The van der Waals surface area contributed by atoms with Gasteiger partial charge in [-0.3, -0.25) is 4.98 Å². The second kappa shape index (κ2) is 7.89. The van der Waals surface area contributed by atoms with E-state index in [1.165, 1.54) is 0 Å². The van der Waals surface area contributed by atoms with Gasteiger partial charge < -0.3 is 15.4 Å². The highest BCUT2D eigenvalue weighted by Gasteiger charge is 2.00. The van der Waals surface area contributed by atoms with Crippen LogP contribution in [0.4, 0.5) is 4.79 Å². The van der Waals surface area contributed by atoms with Gasteiger partial charge in [-0.1, -0.05) is 18.2 Å². The highest BCUT2D eigenvalue weighted by atomic mass is 16.5. The maximum Gasteiger partial charge on any atom is 0.315 e. The van der Waals surface area contributed by atoms with Crippen molar-refractivity contribution in [1.82, 2.24) is 15.6 Å². The fraction of sp³-hybridized carbons (Fsp3) is 0.250. The average Bonchev–Trinajstić information content (AvgIpc) is 2.51. The van der Waals surface area contributed by atoms with Crippen LogP contribution in [-0.2, 0) is 6.54 Å². The van der Waals surface area contributed by atoms with Crippen LogP contribution < -0.4 is 15.4 Å². The van der Waals surface area contributed by atoms with Crippen molar-refractivity contribution < 1.29 is 9.53 Å². The van der Waals surface area contributed by atoms with Crippen LogP contribution in [0.15, 0.2) is 48.7 Å². The topological polar surface area (TPSA) is 63.2 Å². The molecule has 0 saturated heterocycles. The molecule has 0 aliphatic carbocycles. The molecule has 2 amide bonds. The number of benzene rings is 1. The summed E-state index contributed by atoms with van der Waals surface area (Å²) < 4.78 is 5.55. The number of carbonyl (C=O) groups excluding carboxylic acids is 1. The number of carbonyl (C=O) groups is 1. The summed E-state index contributed by atoms with van der Waals surface area (Å²) in [5.74, 6) is 0.811. The highest BCUT2D eigenvalue weighted by molar-refractivity contribution is 5.73. The second-order valence-electron chi connectivity index (χ2n) is 4.60. The standard InChI is InChI=1S/C16H19N3O2/c1-13-5-4-7-15(11-13)21-10-9-18-16(20)19-12-14-6-2-3-8-17-14/h2-8,11H,9-10,12H2,1H3,(H2,18,19,20). The van der Waals surface area contributed by atoms with E-state index < -0.39 is 0 Å². The van der Waals surface area contributed by atoms with Gasteiger partial charge in [0, 0.05) is 6.20 Å². The Morgan fingerprint density at radius 3 is 2.86 bits per heavy atom. The number of aromatic nitrogens is 1. The lowest BCUT2D eigenvalue weighted by Crippen LogP contribution is -2.37. The first-order valence-corrected chi connectivity index (χ1v) is 6.85. The molecule has 2 N–H and O–H groups in total. The Kier molecular flexibility index (Phi) is 5.58. The number of aryl methyl sites for hydroxylation is 1. The van der Waals surface area contributed by atoms with Gasteiger partial charge in [0.1, 0.15) is 12.4 Å². The molecule has 1 aromatic heterocycles. The van der Waals surface area contributed by atoms with Crippen LogP contribution in [0.2, 0.25) is 0 Å². The van der Waals surface area contributed by atoms with Gasteiger partial charge in [0.05, 0.1) is 18.8 Å². The third kappa shape index (κ3) is 5.52. The molecule has 21 heavy (non-hydrogen) atoms. The van der Waals surface area contributed by atoms with Crippen LogP contribution in [0.3, 0.4) is 0 Å². The molecule has 2 aromatic rings. The van der Waals surface area contributed by atoms with Crippen LogP contribution >= 0.6 is 0 Å². The molecule has 0 spiro atoms. The number of amides is 2. The lowest BCUT2D eigenvalue weighted by Gasteiger charge is -2.09. The van der Waals surface area contributed by atoms with Crippen molar-refractivity contribution in [3.8, 4) is 5.75 Å². The second-order valence-corrected chi connectivity index (χ2v) is 4.60. The largest absolute Gasteiger partial charge is 0.492 e. The van der Waals surface area contributed by atoms with Crippen LogP contribution in [0, 0.1) is 6.92 Å². The maximum absolute atomic E-state index is 11.6. The van der Waals surface area contributed by atoms with E-state index in [1.807, 2.05) is 49.4 Å². The van der Waals surface area contributed by atoms with Gasteiger partial charge in [-0.05, 0) is 36.8 Å². The number of nitrogens with zero attached hydrogens (tertiary/aromatic N) is 1. The molecule has 0 saturated carbocycles. The molecule has 0 atom stereocenters. The van der Waals surface area contributed by atoms with E-state index >= 15 is 0 Å². The third-order valence-electron chi connectivity index (χ3n) is 2.80. The van der Waals surface area contributed by atoms with Crippen molar-refractivity contribution in [2.75, 3.05) is 13.2 Å². The first kappa shape index (κ1) is 14.8. The monoisotopic (exact) mass is 285 g/mol. The number of pyridine rings is 1. The molecule has 0 radical (unpaired) electrons. The first-order valence-electron chi connectivity index (χ1n) is 6.85. The predicted molar refractivity (Wildman–Crippen MR) is 81.1 cm³/mol. The van der Waals surface area contributed by atoms with Crippen LogP contribution in [0.25, 0.3) is 0 Å². The van der Waals surface area contributed by atoms with Crippen molar-refractivity contribution in [3.63, 3.8) is 0 Å². The van der Waals surface area contributed by atoms with E-state index in [0.717, 1.165) is 17.0 Å². The molecular weight excluding hydrogens is 266 g/mol. The van der Waals surface area contributed by atoms with Crippen molar-refractivity contribution >= 4 is 6.03 Å². The predicted octanol–water partition coefficient (Wildman–Crippen LogP) is 2.27. The van der Waals surface area contributed by atoms with E-state index in [0.29, 0.717) is 19.7 Å². The molecule has 5 nitrogen and oxygen atoms in total. The smallest absolute Gasteiger partial charge is 0.315 e. The van der Waals surface area contributed by atoms with Gasteiger partial charge >= 0.3 is 6.03 Å². The maximum atomic E-state index is 11.6. The van der Waals surface area contributed by atoms with E-state index in [2.05, 4.69) is 15.6 Å². The Morgan fingerprint density at radius 2 is 2.10 bits per heavy atom. The SMILES string of the molecule is Cc1cccc(OCCNC(=O)NCc2ccccn2)c1. The summed E-state index contributed by atoms with van der Waals surface area (Å²) in [6.07, 6.45) is 1.70. The summed E-state index contributed by atoms with van der Waals surface area (Å²) in [4.78, 5) is 15.7. The minimum Gasteiger partial charge on any atom is -0.492 e. The van der Waals surface area contributed by atoms with Gasteiger partial charge in [0.2, 0.25) is 0 Å². The molecule has 0 aliphatic rings. The van der Waals surface area contributed by atoms with Crippen molar-refractivity contribution in [2.24, 2.45) is 0 Å². The Balaban J connectivity index is 1.61. The Hall–Kier alpha value is -2.56. The first-order chi connectivity index (χ1) is 10.2. The lowest BCUT2D eigenvalue weighted by atomic mass is 10.2. The number of ether oxygens (including phenoxy) is 1. The molecule has 2 rings (SSSR count). The Bertz CT molecular complexity index is 573. The summed E-state index contributed by atoms with van der Waals surface area (Å²) in [6, 6.07) is 13.2. The lowest BCUT2D eigenvalue weighted by molar-refractivity contribution is 0.236. The molecule has 110 valence electrons. The van der Waals surface area contributed by atoms with E-state index in [4.69, 9.17) is 4.74 Å². The van der Waals surface area contributed by atoms with Gasteiger partial charge in [-0.15, -0.1) is 0 Å². The number of rotatable bonds is 6. The summed E-state index contributed by atoms with van der Waals surface area (Å²) in [6.45, 7) is 3.30. The normalized spacial score (nSPS) is 9.95. The van der Waals surface area contributed by atoms with E-state index in [9.17, 15) is 4.79 Å². The molecule has 0 aliphatic heterocycles. The van der Waals surface area contributed by atoms with Crippen LogP contribution in [0.5, 0.6) is 5.75 Å². The molecule has 0 bridgehead atoms. The zero-order valence-corrected chi connectivity index (χ0v) is 12.0. The zero-order valence-electron chi connectivity index (χ0n) is 12.0. The molecular formula is C16H19N3O2. The number of nitrogens with one attached hydrogen (secondary N) is 2. The van der Waals surface area contributed by atoms with E-state index in [-0.39, 0.29) is 6.03 Å². The third-order valence-corrected chi connectivity index (χ3v) is 2.80. The van der Waals surface area contributed by atoms with Crippen LogP contribution in [0.1, 0.15) is 11.3 Å². The molecule has 5 heteroatoms. The zero-order chi connectivity index (χ0) is 14.9. The summed E-state index contributed by atoms with van der Waals surface area (Å²) in [5, 5.41) is 5.47. The van der Waals surface area contributed by atoms with Crippen molar-refractivity contribution in [3.05, 3.63) is 59.9 Å². The van der Waals surface area contributed by atoms with Gasteiger partial charge in [-0.2, -0.15) is 0 Å². The number of hydrogen-bond acceptors (Lipinski definition) is 3. The average molecular weight is 285 g/mol. The minimum atomic E-state index is -0.228. The van der Waals surface area contributed by atoms with E-state index in [1.54, 1.807) is 6.20 Å². The molecule has 0 unspecified atom stereocenters. The molecule has 0 fully saturated rings. The fourth-order valence-corrected chi connectivity index (χ4v) is 1.77. The van der Waals surface area contributed by atoms with Gasteiger partial charge in [-0.25, -0.2) is 4.79 Å². The summed E-state index contributed by atoms with van der Waals surface area (Å²) >= 11 is 0. The number of urea groups is 1. The highest BCUT2D eigenvalue weighted by Crippen LogP contribution is 2.11. The van der Waals surface area contributed by atoms with Crippen molar-refractivity contribution in [2.45, 2.75) is 13.5 Å². The fourth-order valence-electron chi connectivity index (χ4n) is 1.77. The van der Waals surface area contributed by atoms with Gasteiger partial charge in [0.25, 0.3) is 0 Å². The Morgan fingerprint density at radius 1 is 1.19 bits per heavy atom.